The Balaban J connectivity index is 6.24. The second-order valence-electron chi connectivity index (χ2n) is 6.02. The zero-order chi connectivity index (χ0) is 24.1. The van der Waals surface area contributed by atoms with Gasteiger partial charge < -0.3 is 32.7 Å². The van der Waals surface area contributed by atoms with Crippen LogP contribution in [0.3, 0.4) is 0 Å². The molecule has 11 nitrogen and oxygen atoms in total. The summed E-state index contributed by atoms with van der Waals surface area (Å²) in [6.45, 7) is 8.98. The van der Waals surface area contributed by atoms with Crippen LogP contribution in [0.15, 0.2) is 0 Å². The van der Waals surface area contributed by atoms with E-state index in [0.29, 0.717) is 0 Å². The van der Waals surface area contributed by atoms with Crippen LogP contribution in [0.25, 0.3) is 0 Å². The zero-order valence-corrected chi connectivity index (χ0v) is 20.9. The molecule has 0 aromatic carbocycles. The number of hydrogen-bond acceptors (Lipinski definition) is 11. The molecule has 0 bridgehead atoms. The lowest BCUT2D eigenvalue weighted by Crippen LogP contribution is -2.41. The van der Waals surface area contributed by atoms with Crippen LogP contribution >= 0.6 is 15.2 Å². The molecule has 1 N–H and O–H groups in total. The average molecular weight is 490 g/mol. The van der Waals surface area contributed by atoms with Gasteiger partial charge in [0.1, 0.15) is 0 Å². The first-order valence-electron chi connectivity index (χ1n) is 10.4. The van der Waals surface area contributed by atoms with E-state index in [4.69, 9.17) is 27.6 Å². The monoisotopic (exact) mass is 490 g/mol. The maximum Gasteiger partial charge on any atom is 0.347 e. The molecule has 0 aliphatic rings. The predicted octanol–water partition coefficient (Wildman–Crippen LogP) is 3.13. The summed E-state index contributed by atoms with van der Waals surface area (Å²) >= 11 is 0. The summed E-state index contributed by atoms with van der Waals surface area (Å²) in [7, 11) is -8.30. The maximum atomic E-state index is 13.3. The van der Waals surface area contributed by atoms with Gasteiger partial charge >= 0.3 is 27.1 Å². The summed E-state index contributed by atoms with van der Waals surface area (Å²) in [5.74, 6) is -1.98. The molecule has 3 unspecified atom stereocenters. The Hall–Kier alpha value is -0.800. The normalized spacial score (nSPS) is 15.2. The second-order valence-corrected chi connectivity index (χ2v) is 10.4. The van der Waals surface area contributed by atoms with E-state index < -0.39 is 51.0 Å². The molecule has 0 aliphatic heterocycles. The van der Waals surface area contributed by atoms with Crippen molar-refractivity contribution in [1.29, 1.82) is 0 Å². The summed E-state index contributed by atoms with van der Waals surface area (Å²) in [5, 5.41) is 10.9. The molecule has 3 atom stereocenters. The van der Waals surface area contributed by atoms with Crippen LogP contribution in [0.4, 0.5) is 0 Å². The highest BCUT2D eigenvalue weighted by Crippen LogP contribution is 2.58. The van der Waals surface area contributed by atoms with E-state index in [1.54, 1.807) is 34.6 Å². The zero-order valence-electron chi connectivity index (χ0n) is 19.1. The average Bonchev–Trinajstić information content (AvgIpc) is 2.67. The number of aliphatic hydroxyl groups excluding tert-OH is 1. The largest absolute Gasteiger partial charge is 0.465 e. The smallest absolute Gasteiger partial charge is 0.347 e. The molecule has 13 heteroatoms. The van der Waals surface area contributed by atoms with Crippen molar-refractivity contribution in [3.8, 4) is 0 Å². The molecule has 0 heterocycles. The predicted molar refractivity (Wildman–Crippen MR) is 113 cm³/mol. The van der Waals surface area contributed by atoms with Crippen molar-refractivity contribution in [3.63, 3.8) is 0 Å². The van der Waals surface area contributed by atoms with Gasteiger partial charge in [-0.1, -0.05) is 0 Å². The fourth-order valence-corrected chi connectivity index (χ4v) is 6.76. The van der Waals surface area contributed by atoms with E-state index in [-0.39, 0.29) is 39.6 Å². The molecular weight excluding hydrogens is 454 g/mol. The van der Waals surface area contributed by atoms with Crippen molar-refractivity contribution in [2.45, 2.75) is 65.4 Å². The van der Waals surface area contributed by atoms with E-state index in [1.807, 2.05) is 0 Å². The minimum atomic E-state index is -4.20. The maximum absolute atomic E-state index is 13.3. The lowest BCUT2D eigenvalue weighted by atomic mass is 10.1. The second kappa shape index (κ2) is 15.1. The molecule has 0 spiro atoms. The van der Waals surface area contributed by atoms with Crippen molar-refractivity contribution < 1.29 is 51.4 Å². The van der Waals surface area contributed by atoms with E-state index in [2.05, 4.69) is 0 Å². The summed E-state index contributed by atoms with van der Waals surface area (Å²) in [6, 6.07) is 0. The molecule has 0 rings (SSSR count). The molecule has 0 saturated heterocycles. The number of carbonyl (C=O) groups is 2. The van der Waals surface area contributed by atoms with E-state index >= 15 is 0 Å². The lowest BCUT2D eigenvalue weighted by molar-refractivity contribution is -0.148. The Morgan fingerprint density at radius 2 is 1.06 bits per heavy atom. The third kappa shape index (κ3) is 8.92. The highest BCUT2D eigenvalue weighted by Gasteiger charge is 2.51. The van der Waals surface area contributed by atoms with Gasteiger partial charge in [-0.05, 0) is 48.0 Å². The number of esters is 2. The fourth-order valence-electron chi connectivity index (χ4n) is 2.81. The van der Waals surface area contributed by atoms with Crippen LogP contribution in [-0.4, -0.2) is 74.1 Å². The van der Waals surface area contributed by atoms with Crippen molar-refractivity contribution in [2.75, 3.05) is 39.6 Å². The van der Waals surface area contributed by atoms with Gasteiger partial charge in [0.15, 0.2) is 11.3 Å². The number of carbonyl (C=O) groups excluding carboxylic acids is 2. The van der Waals surface area contributed by atoms with Gasteiger partial charge in [0.2, 0.25) is 0 Å². The first-order valence-corrected chi connectivity index (χ1v) is 13.6. The topological polar surface area (TPSA) is 144 Å². The quantitative estimate of drug-likeness (QED) is 0.237. The van der Waals surface area contributed by atoms with Gasteiger partial charge in [-0.25, -0.2) is 0 Å². The number of hydrogen-bond donors (Lipinski definition) is 1. The van der Waals surface area contributed by atoms with E-state index in [0.717, 1.165) is 0 Å². The van der Waals surface area contributed by atoms with Crippen molar-refractivity contribution >= 4 is 27.1 Å². The molecule has 184 valence electrons. The van der Waals surface area contributed by atoms with Crippen molar-refractivity contribution in [1.82, 2.24) is 0 Å². The highest BCUT2D eigenvalue weighted by molar-refractivity contribution is 7.56. The molecule has 31 heavy (non-hydrogen) atoms. The van der Waals surface area contributed by atoms with Gasteiger partial charge in [0, 0.05) is 0 Å². The molecule has 0 radical (unpaired) electrons. The van der Waals surface area contributed by atoms with Gasteiger partial charge in [-0.15, -0.1) is 0 Å². The molecule has 0 aromatic rings. The molecule has 0 aromatic heterocycles. The van der Waals surface area contributed by atoms with Crippen LogP contribution in [0.1, 0.15) is 48.0 Å². The molecular formula is C18H36O11P2. The van der Waals surface area contributed by atoms with Crippen LogP contribution in [-0.2, 0) is 46.3 Å². The number of rotatable bonds is 17. The highest BCUT2D eigenvalue weighted by atomic mass is 31.2. The standard InChI is InChI=1S/C18H36O11P2/c1-7-24-17(20)15(30(22,26-9-3)27-10-4)13-14(19)16(18(21)25-8-2)31(23,28-11-5)29-12-6/h14-16,19H,7-13H2,1-6H3. The first-order chi connectivity index (χ1) is 14.6. The van der Waals surface area contributed by atoms with Crippen LogP contribution in [0, 0.1) is 0 Å². The Labute approximate surface area is 184 Å². The Morgan fingerprint density at radius 1 is 0.677 bits per heavy atom. The van der Waals surface area contributed by atoms with Crippen molar-refractivity contribution in [2.24, 2.45) is 0 Å². The summed E-state index contributed by atoms with van der Waals surface area (Å²) in [4.78, 5) is 25.2. The Bertz CT molecular complexity index is 620. The van der Waals surface area contributed by atoms with Crippen LogP contribution < -0.4 is 0 Å². The number of ether oxygens (including phenoxy) is 2. The first kappa shape index (κ1) is 30.2. The molecule has 0 aliphatic carbocycles. The Kier molecular flexibility index (Phi) is 14.7. The van der Waals surface area contributed by atoms with Crippen LogP contribution in [0.2, 0.25) is 0 Å². The fraction of sp³-hybridized carbons (Fsp3) is 0.889. The number of aliphatic hydroxyl groups is 1. The van der Waals surface area contributed by atoms with E-state index in [1.165, 1.54) is 6.92 Å². The SMILES string of the molecule is CCOC(=O)C(CC(O)C(C(=O)OCC)P(=O)(OCC)OCC)P(=O)(OCC)OCC. The van der Waals surface area contributed by atoms with Gasteiger partial charge in [-0.3, -0.25) is 18.7 Å². The van der Waals surface area contributed by atoms with Crippen molar-refractivity contribution in [3.05, 3.63) is 0 Å². The third-order valence-electron chi connectivity index (χ3n) is 3.87. The van der Waals surface area contributed by atoms with E-state index in [9.17, 15) is 23.8 Å². The summed E-state index contributed by atoms with van der Waals surface area (Å²) in [6.07, 6.45) is -2.42. The summed E-state index contributed by atoms with van der Waals surface area (Å²) < 4.78 is 57.4. The molecule has 0 fully saturated rings. The Morgan fingerprint density at radius 3 is 1.45 bits per heavy atom. The molecule has 0 amide bonds. The lowest BCUT2D eigenvalue weighted by Gasteiger charge is -2.31. The van der Waals surface area contributed by atoms with Crippen LogP contribution in [0.5, 0.6) is 0 Å². The van der Waals surface area contributed by atoms with Gasteiger partial charge in [-0.2, -0.15) is 0 Å². The minimum absolute atomic E-state index is 0.0264. The molecule has 0 saturated carbocycles. The third-order valence-corrected chi connectivity index (χ3v) is 8.77. The van der Waals surface area contributed by atoms with Gasteiger partial charge in [0.05, 0.1) is 45.7 Å². The van der Waals surface area contributed by atoms with Gasteiger partial charge in [0.25, 0.3) is 0 Å². The summed E-state index contributed by atoms with van der Waals surface area (Å²) in [5.41, 5.74) is -3.35. The minimum Gasteiger partial charge on any atom is -0.465 e.